The monoisotopic (exact) mass is 720 g/mol. The summed E-state index contributed by atoms with van der Waals surface area (Å²) in [4.78, 5) is 21.2. The van der Waals surface area contributed by atoms with Crippen molar-refractivity contribution in [2.24, 2.45) is 0 Å². The smallest absolute Gasteiger partial charge is 0.180 e. The summed E-state index contributed by atoms with van der Waals surface area (Å²) in [5.41, 5.74) is 15.9. The second-order valence-electron chi connectivity index (χ2n) is 10.6. The molecule has 8 heteroatoms. The van der Waals surface area contributed by atoms with Gasteiger partial charge in [0.25, 0.3) is 0 Å². The van der Waals surface area contributed by atoms with Crippen molar-refractivity contribution in [2.75, 3.05) is 17.7 Å². The van der Waals surface area contributed by atoms with Gasteiger partial charge in [-0.2, -0.15) is 0 Å². The second-order valence-corrected chi connectivity index (χ2v) is 14.4. The van der Waals surface area contributed by atoms with E-state index in [2.05, 4.69) is 121 Å². The molecule has 0 saturated carbocycles. The molecule has 0 aliphatic heterocycles. The first-order chi connectivity index (χ1) is 21.4. The van der Waals surface area contributed by atoms with Gasteiger partial charge in [0.15, 0.2) is 10.9 Å². The van der Waals surface area contributed by atoms with Crippen molar-refractivity contribution < 1.29 is 9.90 Å². The topological polar surface area (TPSA) is 76.2 Å². The summed E-state index contributed by atoms with van der Waals surface area (Å²) in [6.07, 6.45) is 0. The molecule has 5 rings (SSSR count). The van der Waals surface area contributed by atoms with E-state index in [0.717, 1.165) is 22.4 Å². The fraction of sp³-hybridized carbons (Fsp3) is 0.243. The van der Waals surface area contributed by atoms with E-state index in [-0.39, 0.29) is 12.4 Å². The number of anilines is 1. The summed E-state index contributed by atoms with van der Waals surface area (Å²) >= 11 is 8.25. The van der Waals surface area contributed by atoms with Crippen LogP contribution in [0.15, 0.2) is 97.8 Å². The molecule has 0 aliphatic rings. The molecule has 0 atom stereocenters. The largest absolute Gasteiger partial charge is 0.397 e. The van der Waals surface area contributed by atoms with Crippen molar-refractivity contribution in [3.05, 3.63) is 117 Å². The number of carbonyl (C=O) groups excluding carboxylic acids is 1. The van der Waals surface area contributed by atoms with Gasteiger partial charge in [0.05, 0.1) is 11.0 Å². The van der Waals surface area contributed by atoms with Crippen LogP contribution in [-0.2, 0) is 0 Å². The van der Waals surface area contributed by atoms with Gasteiger partial charge in [-0.3, -0.25) is 4.79 Å². The molecular formula is C37H41BrN2O2S3. The van der Waals surface area contributed by atoms with Crippen LogP contribution in [0, 0.1) is 41.5 Å². The number of aliphatic hydroxyl groups is 1. The summed E-state index contributed by atoms with van der Waals surface area (Å²) in [6, 6.07) is 25.7. The Hall–Kier alpha value is -2.88. The number of aryl methyl sites for hydroxylation is 6. The molecule has 0 unspecified atom stereocenters. The molecule has 236 valence electrons. The molecule has 3 N–H and O–H groups in total. The number of alkyl halides is 1. The van der Waals surface area contributed by atoms with Gasteiger partial charge in [0.1, 0.15) is 0 Å². The molecule has 5 aromatic rings. The van der Waals surface area contributed by atoms with E-state index < -0.39 is 0 Å². The van der Waals surface area contributed by atoms with Crippen LogP contribution in [0.25, 0.3) is 11.3 Å². The number of hydrogen-bond donors (Lipinski definition) is 2. The Balaban J connectivity index is 0.000000227. The number of nitrogen functional groups attached to an aromatic ring is 1. The van der Waals surface area contributed by atoms with Gasteiger partial charge < -0.3 is 10.8 Å². The maximum atomic E-state index is 11.9. The van der Waals surface area contributed by atoms with Crippen LogP contribution in [0.2, 0.25) is 0 Å². The Morgan fingerprint density at radius 3 is 1.51 bits per heavy atom. The van der Waals surface area contributed by atoms with Crippen LogP contribution in [0.1, 0.15) is 50.7 Å². The molecule has 0 spiro atoms. The van der Waals surface area contributed by atoms with E-state index in [1.54, 1.807) is 30.4 Å². The number of aromatic nitrogens is 1. The van der Waals surface area contributed by atoms with Gasteiger partial charge >= 0.3 is 0 Å². The van der Waals surface area contributed by atoms with Crippen LogP contribution >= 0.6 is 50.8 Å². The van der Waals surface area contributed by atoms with Crippen molar-refractivity contribution in [1.82, 2.24) is 4.98 Å². The third-order valence-electron chi connectivity index (χ3n) is 6.70. The lowest BCUT2D eigenvalue weighted by atomic mass is 10.00. The minimum Gasteiger partial charge on any atom is -0.397 e. The van der Waals surface area contributed by atoms with Crippen molar-refractivity contribution in [2.45, 2.75) is 68.0 Å². The van der Waals surface area contributed by atoms with Crippen LogP contribution in [-0.4, -0.2) is 27.8 Å². The van der Waals surface area contributed by atoms with E-state index in [0.29, 0.717) is 10.5 Å². The molecule has 0 aliphatic carbocycles. The summed E-state index contributed by atoms with van der Waals surface area (Å²) in [6.45, 7) is 14.4. The number of thiazole rings is 1. The first-order valence-electron chi connectivity index (χ1n) is 14.6. The van der Waals surface area contributed by atoms with Crippen molar-refractivity contribution >= 4 is 61.7 Å². The lowest BCUT2D eigenvalue weighted by Gasteiger charge is -2.11. The number of Topliss-reactive ketones (excluding diaryl/α,β-unsaturated/α-hetero) is 1. The van der Waals surface area contributed by atoms with Crippen LogP contribution < -0.4 is 5.73 Å². The highest BCUT2D eigenvalue weighted by atomic mass is 79.9. The van der Waals surface area contributed by atoms with Crippen LogP contribution in [0.4, 0.5) is 5.13 Å². The molecule has 45 heavy (non-hydrogen) atoms. The van der Waals surface area contributed by atoms with Crippen LogP contribution in [0.3, 0.4) is 0 Å². The predicted molar refractivity (Wildman–Crippen MR) is 199 cm³/mol. The first-order valence-corrected chi connectivity index (χ1v) is 18.2. The summed E-state index contributed by atoms with van der Waals surface area (Å²) < 4.78 is 0. The van der Waals surface area contributed by atoms with E-state index in [4.69, 9.17) is 10.8 Å². The molecule has 1 heterocycles. The van der Waals surface area contributed by atoms with Crippen LogP contribution in [0.5, 0.6) is 0 Å². The van der Waals surface area contributed by atoms with Gasteiger partial charge in [-0.05, 0) is 119 Å². The summed E-state index contributed by atoms with van der Waals surface area (Å²) in [5, 5.41) is 10.6. The molecule has 1 aromatic heterocycles. The highest BCUT2D eigenvalue weighted by Gasteiger charge is 2.13. The molecular weight excluding hydrogens is 681 g/mol. The van der Waals surface area contributed by atoms with E-state index >= 15 is 0 Å². The predicted octanol–water partition coefficient (Wildman–Crippen LogP) is 10.8. The maximum absolute atomic E-state index is 11.9. The third-order valence-corrected chi connectivity index (χ3v) is 9.85. The molecule has 0 bridgehead atoms. The number of nitrogens with two attached hydrogens (primary N) is 1. The lowest BCUT2D eigenvalue weighted by Crippen LogP contribution is -2.05. The van der Waals surface area contributed by atoms with Gasteiger partial charge in [0, 0.05) is 42.7 Å². The number of hydrogen-bond acceptors (Lipinski definition) is 7. The highest BCUT2D eigenvalue weighted by molar-refractivity contribution is 9.09. The molecule has 0 saturated heterocycles. The van der Waals surface area contributed by atoms with E-state index in [1.807, 2.05) is 19.2 Å². The zero-order valence-corrected chi connectivity index (χ0v) is 30.9. The molecule has 0 amide bonds. The number of aliphatic hydroxyl groups excluding tert-OH is 1. The Morgan fingerprint density at radius 1 is 0.756 bits per heavy atom. The molecule has 0 fully saturated rings. The van der Waals surface area contributed by atoms with E-state index in [9.17, 15) is 4.79 Å². The summed E-state index contributed by atoms with van der Waals surface area (Å²) in [5.74, 6) is 0.145. The van der Waals surface area contributed by atoms with Crippen molar-refractivity contribution in [3.63, 3.8) is 0 Å². The fourth-order valence-electron chi connectivity index (χ4n) is 4.76. The Morgan fingerprint density at radius 2 is 1.16 bits per heavy atom. The maximum Gasteiger partial charge on any atom is 0.180 e. The molecule has 0 radical (unpaired) electrons. The van der Waals surface area contributed by atoms with Crippen molar-refractivity contribution in [1.29, 1.82) is 0 Å². The Kier molecular flexibility index (Phi) is 14.4. The highest BCUT2D eigenvalue weighted by Crippen LogP contribution is 2.36. The molecule has 4 aromatic carbocycles. The summed E-state index contributed by atoms with van der Waals surface area (Å²) in [7, 11) is 0. The lowest BCUT2D eigenvalue weighted by molar-refractivity contribution is 0.102. The van der Waals surface area contributed by atoms with E-state index in [1.165, 1.54) is 58.7 Å². The fourth-order valence-corrected chi connectivity index (χ4v) is 7.63. The second kappa shape index (κ2) is 17.7. The SMILES string of the molecule is CCO.Cc1ccc(Sc2cc(C)c(-c3csc(N)n3)c(C)c2)cc1.Cc1ccc(Sc2cc(C)c(C(=O)CBr)c(C)c2)cc1. The Bertz CT molecular complexity index is 1670. The van der Waals surface area contributed by atoms with Crippen molar-refractivity contribution in [3.8, 4) is 11.3 Å². The average molecular weight is 722 g/mol. The standard InChI is InChI=1S/C18H18N2S2.C17H17BrOS.C2H6O/c1-11-4-6-14(7-5-11)22-15-8-12(2)17(13(3)9-15)16-10-21-18(19)20-16;1-11-4-6-14(7-5-11)20-15-8-12(2)17(13(3)9-15)16(19)10-18;1-2-3/h4-10H,1-3H3,(H2,19,20);4-9H,10H2,1-3H3;3H,2H2,1H3. The number of ketones is 1. The zero-order valence-electron chi connectivity index (χ0n) is 26.9. The van der Waals surface area contributed by atoms with Gasteiger partial charge in [0.2, 0.25) is 0 Å². The number of benzene rings is 4. The molecule has 4 nitrogen and oxygen atoms in total. The Labute approximate surface area is 289 Å². The zero-order chi connectivity index (χ0) is 33.1. The minimum absolute atomic E-state index is 0.145. The van der Waals surface area contributed by atoms with Gasteiger partial charge in [-0.25, -0.2) is 4.98 Å². The number of halogens is 1. The normalized spacial score (nSPS) is 10.4. The number of nitrogens with zero attached hydrogens (tertiary/aromatic N) is 1. The first kappa shape index (κ1) is 36.6. The van der Waals surface area contributed by atoms with Gasteiger partial charge in [-0.1, -0.05) is 74.8 Å². The number of rotatable bonds is 7. The van der Waals surface area contributed by atoms with Gasteiger partial charge in [-0.15, -0.1) is 11.3 Å². The third kappa shape index (κ3) is 10.9. The number of carbonyl (C=O) groups is 1. The minimum atomic E-state index is 0.145. The average Bonchev–Trinajstić information content (AvgIpc) is 3.41. The quantitative estimate of drug-likeness (QED) is 0.129.